The van der Waals surface area contributed by atoms with E-state index in [0.717, 1.165) is 30.7 Å². The van der Waals surface area contributed by atoms with E-state index in [0.29, 0.717) is 11.9 Å². The van der Waals surface area contributed by atoms with Crippen LogP contribution in [0.25, 0.3) is 0 Å². The van der Waals surface area contributed by atoms with Crippen LogP contribution < -0.4 is 10.6 Å². The van der Waals surface area contributed by atoms with Crippen LogP contribution in [0.5, 0.6) is 0 Å². The Hall–Kier alpha value is -2.50. The van der Waals surface area contributed by atoms with Crippen molar-refractivity contribution in [3.05, 3.63) is 53.7 Å². The van der Waals surface area contributed by atoms with Gasteiger partial charge in [-0.15, -0.1) is 0 Å². The summed E-state index contributed by atoms with van der Waals surface area (Å²) in [7, 11) is 0. The number of nitrogens with zero attached hydrogens (tertiary/aromatic N) is 1. The number of amides is 1. The Morgan fingerprint density at radius 3 is 2.50 bits per heavy atom. The topological polar surface area (TPSA) is 54.0 Å². The summed E-state index contributed by atoms with van der Waals surface area (Å²) in [6.45, 7) is 0. The molecule has 0 saturated heterocycles. The molecule has 1 aromatic heterocycles. The fourth-order valence-electron chi connectivity index (χ4n) is 2.86. The van der Waals surface area contributed by atoms with Gasteiger partial charge in [-0.25, -0.2) is 13.8 Å². The fraction of sp³-hybridized carbons (Fsp3) is 0.333. The lowest BCUT2D eigenvalue weighted by atomic mass is 9.95. The van der Waals surface area contributed by atoms with Crippen molar-refractivity contribution in [1.82, 2.24) is 4.98 Å². The van der Waals surface area contributed by atoms with Gasteiger partial charge in [-0.3, -0.25) is 4.79 Å². The molecule has 0 spiro atoms. The van der Waals surface area contributed by atoms with Crippen LogP contribution in [0, 0.1) is 11.6 Å². The lowest BCUT2D eigenvalue weighted by Gasteiger charge is -2.23. The van der Waals surface area contributed by atoms with Crippen LogP contribution in [0.15, 0.2) is 36.5 Å². The summed E-state index contributed by atoms with van der Waals surface area (Å²) >= 11 is 0. The predicted octanol–water partition coefficient (Wildman–Crippen LogP) is 4.36. The molecule has 0 radical (unpaired) electrons. The molecule has 1 saturated carbocycles. The number of pyridine rings is 1. The molecular formula is C18H19F2N3O. The van der Waals surface area contributed by atoms with Gasteiger partial charge in [0.1, 0.15) is 5.82 Å². The Balaban J connectivity index is 1.60. The maximum Gasteiger partial charge on any atom is 0.256 e. The highest BCUT2D eigenvalue weighted by Crippen LogP contribution is 2.22. The smallest absolute Gasteiger partial charge is 0.256 e. The van der Waals surface area contributed by atoms with Gasteiger partial charge >= 0.3 is 0 Å². The second kappa shape index (κ2) is 7.38. The zero-order valence-corrected chi connectivity index (χ0v) is 13.2. The standard InChI is InChI=1S/C18H19F2N3O/c19-15-8-6-12(10-16(15)20)18(24)23-17-9-7-14(11-21-17)22-13-4-2-1-3-5-13/h6-11,13,22H,1-5H2,(H,21,23,24). The number of hydrogen-bond acceptors (Lipinski definition) is 3. The minimum Gasteiger partial charge on any atom is -0.381 e. The van der Waals surface area contributed by atoms with E-state index in [9.17, 15) is 13.6 Å². The van der Waals surface area contributed by atoms with Crippen molar-refractivity contribution in [1.29, 1.82) is 0 Å². The van der Waals surface area contributed by atoms with Crippen LogP contribution in [0.3, 0.4) is 0 Å². The first-order valence-corrected chi connectivity index (χ1v) is 8.11. The molecule has 1 amide bonds. The van der Waals surface area contributed by atoms with E-state index in [2.05, 4.69) is 15.6 Å². The summed E-state index contributed by atoms with van der Waals surface area (Å²) in [5.41, 5.74) is 0.952. The molecule has 0 bridgehead atoms. The van der Waals surface area contributed by atoms with E-state index >= 15 is 0 Å². The van der Waals surface area contributed by atoms with Crippen molar-refractivity contribution in [3.63, 3.8) is 0 Å². The molecule has 0 atom stereocenters. The lowest BCUT2D eigenvalue weighted by molar-refractivity contribution is 0.102. The van der Waals surface area contributed by atoms with Crippen LogP contribution in [0.1, 0.15) is 42.5 Å². The number of nitrogens with one attached hydrogen (secondary N) is 2. The largest absolute Gasteiger partial charge is 0.381 e. The number of rotatable bonds is 4. The van der Waals surface area contributed by atoms with Gasteiger partial charge < -0.3 is 10.6 Å². The highest BCUT2D eigenvalue weighted by Gasteiger charge is 2.13. The molecule has 1 fully saturated rings. The second-order valence-corrected chi connectivity index (χ2v) is 5.99. The van der Waals surface area contributed by atoms with Gasteiger partial charge in [-0.05, 0) is 43.2 Å². The molecule has 2 N–H and O–H groups in total. The van der Waals surface area contributed by atoms with E-state index < -0.39 is 17.5 Å². The van der Waals surface area contributed by atoms with Crippen molar-refractivity contribution in [2.24, 2.45) is 0 Å². The Labute approximate surface area is 139 Å². The monoisotopic (exact) mass is 331 g/mol. The highest BCUT2D eigenvalue weighted by molar-refractivity contribution is 6.03. The quantitative estimate of drug-likeness (QED) is 0.875. The molecule has 4 nitrogen and oxygen atoms in total. The minimum atomic E-state index is -1.05. The Bertz CT molecular complexity index is 713. The molecule has 2 aromatic rings. The maximum atomic E-state index is 13.2. The van der Waals surface area contributed by atoms with Crippen molar-refractivity contribution in [2.45, 2.75) is 38.1 Å². The first-order valence-electron chi connectivity index (χ1n) is 8.11. The summed E-state index contributed by atoms with van der Waals surface area (Å²) < 4.78 is 26.1. The maximum absolute atomic E-state index is 13.2. The van der Waals surface area contributed by atoms with E-state index in [-0.39, 0.29) is 5.56 Å². The fourth-order valence-corrected chi connectivity index (χ4v) is 2.86. The third-order valence-corrected chi connectivity index (χ3v) is 4.16. The SMILES string of the molecule is O=C(Nc1ccc(NC2CCCCC2)cn1)c1ccc(F)c(F)c1. The van der Waals surface area contributed by atoms with Gasteiger partial charge in [0.15, 0.2) is 11.6 Å². The molecule has 6 heteroatoms. The number of carbonyl (C=O) groups is 1. The van der Waals surface area contributed by atoms with Gasteiger partial charge in [-0.2, -0.15) is 0 Å². The first-order chi connectivity index (χ1) is 11.6. The van der Waals surface area contributed by atoms with Crippen molar-refractivity contribution >= 4 is 17.4 Å². The third kappa shape index (κ3) is 4.07. The van der Waals surface area contributed by atoms with Crippen molar-refractivity contribution in [2.75, 3.05) is 10.6 Å². The van der Waals surface area contributed by atoms with Crippen LogP contribution in [0.4, 0.5) is 20.3 Å². The highest BCUT2D eigenvalue weighted by atomic mass is 19.2. The third-order valence-electron chi connectivity index (χ3n) is 4.16. The molecule has 1 heterocycles. The number of anilines is 2. The Morgan fingerprint density at radius 1 is 1.04 bits per heavy atom. The van der Waals surface area contributed by atoms with Crippen LogP contribution in [-0.4, -0.2) is 16.9 Å². The van der Waals surface area contributed by atoms with E-state index in [1.165, 1.54) is 25.3 Å². The van der Waals surface area contributed by atoms with Crippen LogP contribution in [0.2, 0.25) is 0 Å². The number of benzene rings is 1. The molecule has 1 aromatic carbocycles. The summed E-state index contributed by atoms with van der Waals surface area (Å²) in [5, 5.41) is 6.01. The summed E-state index contributed by atoms with van der Waals surface area (Å²) in [5.74, 6) is -2.21. The van der Waals surface area contributed by atoms with Gasteiger partial charge in [0, 0.05) is 11.6 Å². The average Bonchev–Trinajstić information content (AvgIpc) is 2.60. The number of aromatic nitrogens is 1. The Kier molecular flexibility index (Phi) is 5.03. The molecule has 0 unspecified atom stereocenters. The van der Waals surface area contributed by atoms with Gasteiger partial charge in [0.05, 0.1) is 11.9 Å². The summed E-state index contributed by atoms with van der Waals surface area (Å²) in [6, 6.07) is 7.03. The van der Waals surface area contributed by atoms with Crippen LogP contribution >= 0.6 is 0 Å². The molecule has 0 aliphatic heterocycles. The van der Waals surface area contributed by atoms with Crippen molar-refractivity contribution < 1.29 is 13.6 Å². The number of hydrogen-bond donors (Lipinski definition) is 2. The van der Waals surface area contributed by atoms with Crippen LogP contribution in [-0.2, 0) is 0 Å². The van der Waals surface area contributed by atoms with Crippen molar-refractivity contribution in [3.8, 4) is 0 Å². The zero-order chi connectivity index (χ0) is 16.9. The first kappa shape index (κ1) is 16.4. The van der Waals surface area contributed by atoms with E-state index in [1.54, 1.807) is 12.3 Å². The predicted molar refractivity (Wildman–Crippen MR) is 89.0 cm³/mol. The summed E-state index contributed by atoms with van der Waals surface area (Å²) in [6.07, 6.45) is 7.77. The molecule has 1 aliphatic carbocycles. The molecular weight excluding hydrogens is 312 g/mol. The molecule has 126 valence electrons. The van der Waals surface area contributed by atoms with Gasteiger partial charge in [0.25, 0.3) is 5.91 Å². The minimum absolute atomic E-state index is 0.0418. The molecule has 1 aliphatic rings. The number of halogens is 2. The molecule has 24 heavy (non-hydrogen) atoms. The zero-order valence-electron chi connectivity index (χ0n) is 13.2. The molecule has 3 rings (SSSR count). The lowest BCUT2D eigenvalue weighted by Crippen LogP contribution is -2.22. The summed E-state index contributed by atoms with van der Waals surface area (Å²) in [4.78, 5) is 16.2. The second-order valence-electron chi connectivity index (χ2n) is 5.99. The average molecular weight is 331 g/mol. The normalized spacial score (nSPS) is 15.1. The Morgan fingerprint density at radius 2 is 1.83 bits per heavy atom. The van der Waals surface area contributed by atoms with E-state index in [4.69, 9.17) is 0 Å². The van der Waals surface area contributed by atoms with E-state index in [1.807, 2.05) is 6.07 Å². The number of carbonyl (C=O) groups excluding carboxylic acids is 1. The van der Waals surface area contributed by atoms with Gasteiger partial charge in [-0.1, -0.05) is 19.3 Å². The van der Waals surface area contributed by atoms with Gasteiger partial charge in [0.2, 0.25) is 0 Å².